The third-order valence-electron chi connectivity index (χ3n) is 34.8. The second-order valence-electron chi connectivity index (χ2n) is 43.0. The minimum atomic E-state index is -3.36. The molecule has 0 bridgehead atoms. The first-order valence-electron chi connectivity index (χ1n) is 53.5. The molecule has 26 nitrogen and oxygen atoms in total. The SMILES string of the molecule is CCOC(=O)N[C@@H]1CC[C@@H]2[C@@H](C1)C[C@@H]1[C@H]([C@H]2/C=C/c2ccc(-c3cccc(F)c3)cn2)[C@@H](C)C(=O)N1C.CCOC(=O)N[C@@H]1CC[C@@H]2[C@@H](C1)C[C@@H]1[C@H]([C@H]2/C=C/c2ccc(-c3cccc(F)c3)cn2)[C@@H](C)S(=O)(=O)N1C.CCOC(=O)N[C@@H]1CC[C@@H]2[C@@H](C1)C[C@H]1C(=O)N[C@H](CO)[C@H]1[C@H]2/C=C/c1ccc(-c2cccc(F)c2)cn1.CCOC(=O)N[C@@H]1CC[C@@H]2[C@@H](C1)C[C@H]1CS(=O)(=O)[C@H](C)[C@H]1[C@H]2/C=C/c1ccc(-c2cccc(F)c2)cn1. The number of aromatic nitrogens is 4. The third-order valence-corrected chi connectivity index (χ3v) is 39.4. The van der Waals surface area contributed by atoms with E-state index in [0.717, 1.165) is 170 Å². The van der Waals surface area contributed by atoms with Gasteiger partial charge in [0.2, 0.25) is 21.8 Å². The second-order valence-corrected chi connectivity index (χ2v) is 47.7. The Labute approximate surface area is 872 Å². The Morgan fingerprint density at radius 1 is 0.403 bits per heavy atom. The van der Waals surface area contributed by atoms with Gasteiger partial charge in [-0.3, -0.25) is 29.5 Å². The van der Waals surface area contributed by atoms with Gasteiger partial charge in [-0.15, -0.1) is 0 Å². The second kappa shape index (κ2) is 48.1. The number of likely N-dealkylation sites (tertiary alicyclic amines) is 1. The van der Waals surface area contributed by atoms with E-state index in [4.69, 9.17) is 18.9 Å². The van der Waals surface area contributed by atoms with Gasteiger partial charge in [-0.1, -0.05) is 104 Å². The number of hydrogen-bond donors (Lipinski definition) is 6. The predicted molar refractivity (Wildman–Crippen MR) is 565 cm³/mol. The zero-order valence-electron chi connectivity index (χ0n) is 86.2. The number of nitrogens with zero attached hydrogens (tertiary/aromatic N) is 6. The van der Waals surface area contributed by atoms with Gasteiger partial charge < -0.3 is 55.5 Å². The number of rotatable bonds is 21. The average molecular weight is 2080 g/mol. The third kappa shape index (κ3) is 24.9. The molecule has 6 N–H and O–H groups in total. The van der Waals surface area contributed by atoms with Crippen molar-refractivity contribution >= 4 is 80.4 Å². The molecule has 149 heavy (non-hydrogen) atoms. The molecule has 4 saturated heterocycles. The Morgan fingerprint density at radius 2 is 0.732 bits per heavy atom. The zero-order valence-corrected chi connectivity index (χ0v) is 87.8. The molecule has 8 aromatic rings. The highest BCUT2D eigenvalue weighted by molar-refractivity contribution is 7.92. The molecule has 20 rings (SSSR count). The number of benzene rings is 4. The number of alkyl carbamates (subject to hydrolysis) is 4. The summed E-state index contributed by atoms with van der Waals surface area (Å²) in [6, 6.07) is 41.4. The molecule has 32 heteroatoms. The number of fused-ring (bicyclic) bond motifs is 8. The highest BCUT2D eigenvalue weighted by atomic mass is 32.2. The number of allylic oxidation sites excluding steroid dienone is 4. The van der Waals surface area contributed by atoms with E-state index in [0.29, 0.717) is 73.8 Å². The summed E-state index contributed by atoms with van der Waals surface area (Å²) in [7, 11) is -2.83. The van der Waals surface area contributed by atoms with Crippen molar-refractivity contribution in [2.24, 2.45) is 112 Å². The number of halogens is 4. The fraction of sp³-hybridized carbons (Fsp3) is 0.504. The number of nitrogens with one attached hydrogen (secondary N) is 5. The molecule has 12 fully saturated rings. The normalized spacial score (nSPS) is 31.8. The molecule has 4 aromatic heterocycles. The van der Waals surface area contributed by atoms with Crippen LogP contribution in [0.2, 0.25) is 0 Å². The molecule has 12 aliphatic rings. The molecule has 4 aromatic carbocycles. The Kier molecular flexibility index (Phi) is 34.9. The van der Waals surface area contributed by atoms with Crippen LogP contribution < -0.4 is 26.6 Å². The van der Waals surface area contributed by atoms with Crippen LogP contribution in [0.4, 0.5) is 36.7 Å². The summed E-state index contributed by atoms with van der Waals surface area (Å²) in [6.45, 7) is 14.3. The fourth-order valence-corrected chi connectivity index (χ4v) is 32.0. The van der Waals surface area contributed by atoms with Crippen molar-refractivity contribution in [3.05, 3.63) is 241 Å². The van der Waals surface area contributed by atoms with Crippen molar-refractivity contribution < 1.29 is 87.2 Å². The summed E-state index contributed by atoms with van der Waals surface area (Å²) in [5.74, 6) is 3.27. The van der Waals surface area contributed by atoms with Crippen LogP contribution in [0.5, 0.6) is 0 Å². The quantitative estimate of drug-likeness (QED) is 0.0287. The molecule has 794 valence electrons. The molecule has 28 atom stereocenters. The lowest BCUT2D eigenvalue weighted by Crippen LogP contribution is -2.50. The summed E-state index contributed by atoms with van der Waals surface area (Å²) in [5.41, 5.74) is 9.73. The first kappa shape index (κ1) is 108. The molecule has 6 amide bonds. The molecule has 8 aliphatic carbocycles. The van der Waals surface area contributed by atoms with E-state index < -0.39 is 25.1 Å². The lowest BCUT2D eigenvalue weighted by atomic mass is 9.56. The summed E-state index contributed by atoms with van der Waals surface area (Å²) >= 11 is 0. The number of amides is 6. The Bertz CT molecular complexity index is 6300. The van der Waals surface area contributed by atoms with Gasteiger partial charge in [0.1, 0.15) is 23.3 Å². The van der Waals surface area contributed by atoms with E-state index >= 15 is 0 Å². The minimum Gasteiger partial charge on any atom is -0.450 e. The van der Waals surface area contributed by atoms with Gasteiger partial charge in [-0.2, -0.15) is 0 Å². The van der Waals surface area contributed by atoms with E-state index in [1.807, 2.05) is 124 Å². The minimum absolute atomic E-state index is 0.00336. The van der Waals surface area contributed by atoms with Crippen LogP contribution in [0, 0.1) is 136 Å². The van der Waals surface area contributed by atoms with E-state index in [1.54, 1.807) is 81.2 Å². The van der Waals surface area contributed by atoms with Gasteiger partial charge in [0.15, 0.2) is 9.84 Å². The van der Waals surface area contributed by atoms with Gasteiger partial charge >= 0.3 is 24.4 Å². The van der Waals surface area contributed by atoms with Crippen molar-refractivity contribution in [3.8, 4) is 44.5 Å². The number of sulfonamides is 1. The van der Waals surface area contributed by atoms with Gasteiger partial charge in [0.05, 0.1) is 78.1 Å². The largest absolute Gasteiger partial charge is 0.450 e. The van der Waals surface area contributed by atoms with Crippen LogP contribution in [0.15, 0.2) is 195 Å². The van der Waals surface area contributed by atoms with E-state index in [1.165, 1.54) is 48.5 Å². The summed E-state index contributed by atoms with van der Waals surface area (Å²) < 4.78 is 128. The van der Waals surface area contributed by atoms with Crippen LogP contribution in [0.1, 0.15) is 174 Å². The van der Waals surface area contributed by atoms with Crippen molar-refractivity contribution in [1.82, 2.24) is 55.7 Å². The molecular formula is C117H141F4N11O15S2. The maximum atomic E-state index is 13.6. The lowest BCUT2D eigenvalue weighted by molar-refractivity contribution is -0.130. The van der Waals surface area contributed by atoms with Gasteiger partial charge in [-0.05, 0) is 364 Å². The zero-order chi connectivity index (χ0) is 105. The van der Waals surface area contributed by atoms with E-state index in [2.05, 4.69) is 83.8 Å². The van der Waals surface area contributed by atoms with Crippen molar-refractivity contribution in [2.75, 3.05) is 52.9 Å². The van der Waals surface area contributed by atoms with Crippen molar-refractivity contribution in [1.29, 1.82) is 0 Å². The highest BCUT2D eigenvalue weighted by Gasteiger charge is 2.61. The van der Waals surface area contributed by atoms with Gasteiger partial charge in [0.25, 0.3) is 0 Å². The Balaban J connectivity index is 0.000000135. The monoisotopic (exact) mass is 2080 g/mol. The number of sulfone groups is 1. The smallest absolute Gasteiger partial charge is 0.407 e. The maximum Gasteiger partial charge on any atom is 0.407 e. The number of carbonyl (C=O) groups excluding carboxylic acids is 6. The van der Waals surface area contributed by atoms with Crippen LogP contribution in [0.25, 0.3) is 68.8 Å². The van der Waals surface area contributed by atoms with Gasteiger partial charge in [0, 0.05) is 109 Å². The standard InChI is InChI=1S/C30H36FN3O3.C29H36FN3O4S.C29H34FN3O4.C29H35FN2O4S/c1-4-37-30(36)33-24-11-12-25-21(15-24)16-27-28(18(2)29(35)34(27)3)26(25)13-10-23-9-8-20(17-32-23)19-6-5-7-22(31)14-19;1-4-37-29(34)32-24-11-12-25-21(15-24)16-27-28(18(2)38(35,36)33(27)3)26(25)13-10-23-9-8-20(17-31-23)19-6-5-7-22(30)14-19;1-2-37-29(36)32-22-9-10-23-19(13-22)14-25-27(26(16-34)33-28(25)35)24(23)11-8-21-7-6-18(15-31-21)17-4-3-5-20(30)12-17;1-3-36-29(33)32-25-10-11-26-21(15-25)13-22-17-37(34,35)18(2)28(22)27(26)12-9-24-8-7-20(16-31-24)19-5-4-6-23(30)14-19/h5-10,13-14,17-18,21,24-28H,4,11-12,15-16H2,1-3H3,(H,33,36);5-10,13-14,17-18,21,24-28H,4,11-12,15-16H2,1-3H3,(H,32,34);3-8,11-12,15,19,22-27,34H,2,9-10,13-14,16H2,1H3,(H,32,36)(H,33,35);4-9,12,14,16,18,21-22,25-28H,3,10-11,13,15,17H2,1-2H3,(H,32,33)/b2*13-10+;11-8+;12-9+/t2*18-,21+,24-,25-,26+,27-,28+;19-,22+,23+,24-,25+,26+,27-;18-,21-,22+,25-,26-,27+,28-/m1101/s1. The van der Waals surface area contributed by atoms with E-state index in [9.17, 15) is 68.3 Å². The van der Waals surface area contributed by atoms with Gasteiger partial charge in [-0.25, -0.2) is 57.9 Å². The summed E-state index contributed by atoms with van der Waals surface area (Å²) in [5, 5.41) is 24.3. The molecule has 0 unspecified atom stereocenters. The van der Waals surface area contributed by atoms with Crippen molar-refractivity contribution in [3.63, 3.8) is 0 Å². The fourth-order valence-electron chi connectivity index (χ4n) is 28.0. The number of carbonyl (C=O) groups is 6. The molecule has 0 radical (unpaired) electrons. The number of aliphatic hydroxyl groups excluding tert-OH is 1. The highest BCUT2D eigenvalue weighted by Crippen LogP contribution is 2.59. The van der Waals surface area contributed by atoms with Crippen LogP contribution in [-0.2, 0) is 48.4 Å². The number of pyridine rings is 4. The number of aliphatic hydroxyl groups is 1. The summed E-state index contributed by atoms with van der Waals surface area (Å²) in [6.07, 6.45) is 36.5. The van der Waals surface area contributed by atoms with Crippen LogP contribution in [-0.4, -0.2) is 193 Å². The average Bonchev–Trinajstić information content (AvgIpc) is 1.63. The Morgan fingerprint density at radius 3 is 1.07 bits per heavy atom. The first-order valence-corrected chi connectivity index (χ1v) is 56.7. The van der Waals surface area contributed by atoms with Crippen LogP contribution >= 0.6 is 0 Å². The Hall–Kier alpha value is -12.0. The predicted octanol–water partition coefficient (Wildman–Crippen LogP) is 20.3. The molecule has 8 saturated carbocycles. The number of ether oxygens (including phenoxy) is 4. The number of hydrogen-bond acceptors (Lipinski definition) is 19. The summed E-state index contributed by atoms with van der Waals surface area (Å²) in [4.78, 5) is 94.1. The molecule has 0 spiro atoms. The topological polar surface area (TPSA) is 346 Å². The molecular weight excluding hydrogens is 1940 g/mol. The van der Waals surface area contributed by atoms with E-state index in [-0.39, 0.29) is 184 Å². The van der Waals surface area contributed by atoms with Crippen molar-refractivity contribution in [2.45, 2.75) is 204 Å². The maximum absolute atomic E-state index is 13.6. The van der Waals surface area contributed by atoms with Crippen LogP contribution in [0.3, 0.4) is 0 Å². The molecule has 4 aliphatic heterocycles. The lowest BCUT2D eigenvalue weighted by Gasteiger charge is -2.49. The first-order chi connectivity index (χ1) is 71.7. The molecule has 8 heterocycles.